The van der Waals surface area contributed by atoms with Crippen LogP contribution in [0.1, 0.15) is 26.7 Å². The highest BCUT2D eigenvalue weighted by Gasteiger charge is 2.24. The van der Waals surface area contributed by atoms with E-state index in [1.54, 1.807) is 11.9 Å². The maximum absolute atomic E-state index is 6.06. The molecule has 116 valence electrons. The summed E-state index contributed by atoms with van der Waals surface area (Å²) in [6, 6.07) is 0. The van der Waals surface area contributed by atoms with E-state index in [-0.39, 0.29) is 0 Å². The zero-order valence-corrected chi connectivity index (χ0v) is 14.8. The molecule has 5 heteroatoms. The van der Waals surface area contributed by atoms with Crippen LogP contribution in [0.5, 0.6) is 0 Å². The molecule has 0 fully saturated rings. The average molecular weight is 325 g/mol. The van der Waals surface area contributed by atoms with Crippen LogP contribution in [0.15, 0.2) is 45.4 Å². The first-order valence-corrected chi connectivity index (χ1v) is 9.40. The molecule has 0 atom stereocenters. The maximum atomic E-state index is 6.06. The van der Waals surface area contributed by atoms with Gasteiger partial charge in [-0.15, -0.1) is 11.8 Å². The molecule has 0 saturated carbocycles. The number of hydrogen-bond donors (Lipinski definition) is 2. The summed E-state index contributed by atoms with van der Waals surface area (Å²) in [5.74, 6) is 2.91. The SMILES string of the molecule is CN/C=C(\C)OC1=C2C=C(CNSC)CCC2=C(C)SC1. The van der Waals surface area contributed by atoms with Crippen molar-refractivity contribution in [3.8, 4) is 0 Å². The summed E-state index contributed by atoms with van der Waals surface area (Å²) in [6.07, 6.45) is 8.55. The molecule has 0 unspecified atom stereocenters. The van der Waals surface area contributed by atoms with E-state index >= 15 is 0 Å². The standard InChI is InChI=1S/C16H24N2OS2/c1-11(8-17-3)19-16-10-21-12(2)14-6-5-13(7-15(14)16)9-18-20-4/h7-8,17-18H,5-6,9-10H2,1-4H3/b11-8+. The summed E-state index contributed by atoms with van der Waals surface area (Å²) in [7, 11) is 1.89. The predicted molar refractivity (Wildman–Crippen MR) is 94.9 cm³/mol. The van der Waals surface area contributed by atoms with Crippen LogP contribution in [0.3, 0.4) is 0 Å². The largest absolute Gasteiger partial charge is 0.463 e. The van der Waals surface area contributed by atoms with E-state index in [2.05, 4.69) is 29.3 Å². The summed E-state index contributed by atoms with van der Waals surface area (Å²) in [5.41, 5.74) is 4.23. The van der Waals surface area contributed by atoms with Crippen LogP contribution >= 0.6 is 23.7 Å². The molecule has 1 aliphatic heterocycles. The van der Waals surface area contributed by atoms with E-state index in [0.717, 1.165) is 36.7 Å². The summed E-state index contributed by atoms with van der Waals surface area (Å²) in [5, 5.41) is 3.02. The molecule has 2 aliphatic rings. The third kappa shape index (κ3) is 4.34. The van der Waals surface area contributed by atoms with Crippen LogP contribution in [0.4, 0.5) is 0 Å². The Morgan fingerprint density at radius 2 is 2.29 bits per heavy atom. The highest BCUT2D eigenvalue weighted by Crippen LogP contribution is 2.41. The molecule has 0 saturated heterocycles. The smallest absolute Gasteiger partial charge is 0.121 e. The van der Waals surface area contributed by atoms with Gasteiger partial charge in [0.15, 0.2) is 0 Å². The van der Waals surface area contributed by atoms with Gasteiger partial charge in [0.1, 0.15) is 11.5 Å². The molecule has 1 heterocycles. The molecular formula is C16H24N2OS2. The fourth-order valence-electron chi connectivity index (χ4n) is 2.55. The molecule has 0 aromatic carbocycles. The van der Waals surface area contributed by atoms with Gasteiger partial charge in [0.2, 0.25) is 0 Å². The van der Waals surface area contributed by atoms with Crippen molar-refractivity contribution in [1.82, 2.24) is 10.0 Å². The van der Waals surface area contributed by atoms with Gasteiger partial charge in [0.05, 0.1) is 5.75 Å². The van der Waals surface area contributed by atoms with E-state index in [9.17, 15) is 0 Å². The number of hydrogen-bond acceptors (Lipinski definition) is 5. The second-order valence-electron chi connectivity index (χ2n) is 5.13. The Balaban J connectivity index is 2.28. The van der Waals surface area contributed by atoms with Crippen molar-refractivity contribution in [3.63, 3.8) is 0 Å². The average Bonchev–Trinajstić information content (AvgIpc) is 2.48. The van der Waals surface area contributed by atoms with Gasteiger partial charge in [0, 0.05) is 25.4 Å². The van der Waals surface area contributed by atoms with Crippen LogP contribution in [0.2, 0.25) is 0 Å². The molecule has 0 amide bonds. The Hall–Kier alpha value is -0.780. The molecule has 3 nitrogen and oxygen atoms in total. The molecule has 1 aliphatic carbocycles. The fraction of sp³-hybridized carbons (Fsp3) is 0.500. The van der Waals surface area contributed by atoms with Gasteiger partial charge in [-0.05, 0) is 43.4 Å². The predicted octanol–water partition coefficient (Wildman–Crippen LogP) is 3.95. The molecule has 2 rings (SSSR count). The quantitative estimate of drug-likeness (QED) is 0.571. The van der Waals surface area contributed by atoms with E-state index in [0.29, 0.717) is 0 Å². The zero-order valence-electron chi connectivity index (χ0n) is 13.2. The highest BCUT2D eigenvalue weighted by molar-refractivity contribution is 8.03. The van der Waals surface area contributed by atoms with Gasteiger partial charge in [-0.3, -0.25) is 4.72 Å². The van der Waals surface area contributed by atoms with Gasteiger partial charge in [-0.1, -0.05) is 23.6 Å². The number of fused-ring (bicyclic) bond motifs is 1. The van der Waals surface area contributed by atoms with Crippen molar-refractivity contribution in [2.45, 2.75) is 26.7 Å². The fourth-order valence-corrected chi connectivity index (χ4v) is 3.83. The number of thioether (sulfide) groups is 1. The van der Waals surface area contributed by atoms with Gasteiger partial charge in [0.25, 0.3) is 0 Å². The summed E-state index contributed by atoms with van der Waals surface area (Å²) >= 11 is 3.56. The number of ether oxygens (including phenoxy) is 1. The molecule has 0 aromatic rings. The molecule has 21 heavy (non-hydrogen) atoms. The first-order chi connectivity index (χ1) is 10.2. The van der Waals surface area contributed by atoms with Crippen molar-refractivity contribution >= 4 is 23.7 Å². The number of nitrogens with one attached hydrogen (secondary N) is 2. The summed E-state index contributed by atoms with van der Waals surface area (Å²) in [4.78, 5) is 1.45. The van der Waals surface area contributed by atoms with Crippen molar-refractivity contribution in [2.75, 3.05) is 25.6 Å². The zero-order chi connectivity index (χ0) is 15.2. The summed E-state index contributed by atoms with van der Waals surface area (Å²) in [6.45, 7) is 5.16. The van der Waals surface area contributed by atoms with Crippen molar-refractivity contribution in [2.24, 2.45) is 0 Å². The van der Waals surface area contributed by atoms with E-state index in [1.807, 2.05) is 31.9 Å². The molecule has 2 N–H and O–H groups in total. The Morgan fingerprint density at radius 3 is 3.00 bits per heavy atom. The summed E-state index contributed by atoms with van der Waals surface area (Å²) < 4.78 is 9.40. The Morgan fingerprint density at radius 1 is 1.48 bits per heavy atom. The topological polar surface area (TPSA) is 33.3 Å². The minimum atomic E-state index is 0.905. The molecule has 0 bridgehead atoms. The lowest BCUT2D eigenvalue weighted by Crippen LogP contribution is -2.15. The van der Waals surface area contributed by atoms with E-state index < -0.39 is 0 Å². The first kappa shape index (κ1) is 16.6. The monoisotopic (exact) mass is 324 g/mol. The lowest BCUT2D eigenvalue weighted by Gasteiger charge is -2.27. The lowest BCUT2D eigenvalue weighted by atomic mass is 9.89. The van der Waals surface area contributed by atoms with Crippen molar-refractivity contribution in [3.05, 3.63) is 45.4 Å². The van der Waals surface area contributed by atoms with E-state index in [1.165, 1.54) is 21.6 Å². The lowest BCUT2D eigenvalue weighted by molar-refractivity contribution is 0.305. The second kappa shape index (κ2) is 8.01. The molecule has 0 aromatic heterocycles. The minimum absolute atomic E-state index is 0.905. The Bertz CT molecular complexity index is 518. The van der Waals surface area contributed by atoms with Gasteiger partial charge in [-0.2, -0.15) is 0 Å². The van der Waals surface area contributed by atoms with Crippen LogP contribution in [-0.2, 0) is 4.74 Å². The number of rotatable bonds is 6. The molecule has 0 radical (unpaired) electrons. The van der Waals surface area contributed by atoms with Crippen molar-refractivity contribution < 1.29 is 4.74 Å². The van der Waals surface area contributed by atoms with Gasteiger partial charge in [-0.25, -0.2) is 0 Å². The van der Waals surface area contributed by atoms with Crippen LogP contribution in [0.25, 0.3) is 0 Å². The first-order valence-electron chi connectivity index (χ1n) is 7.19. The third-order valence-electron chi connectivity index (χ3n) is 3.59. The number of allylic oxidation sites excluding steroid dienone is 5. The highest BCUT2D eigenvalue weighted by atomic mass is 32.2. The van der Waals surface area contributed by atoms with Crippen LogP contribution in [-0.4, -0.2) is 25.6 Å². The van der Waals surface area contributed by atoms with Gasteiger partial charge >= 0.3 is 0 Å². The van der Waals surface area contributed by atoms with Crippen LogP contribution < -0.4 is 10.0 Å². The maximum Gasteiger partial charge on any atom is 0.121 e. The normalized spacial score (nSPS) is 19.4. The minimum Gasteiger partial charge on any atom is -0.463 e. The van der Waals surface area contributed by atoms with Crippen LogP contribution in [0, 0.1) is 0 Å². The Labute approximate surface area is 136 Å². The Kier molecular flexibility index (Phi) is 6.33. The second-order valence-corrected chi connectivity index (χ2v) is 7.02. The third-order valence-corrected chi connectivity index (χ3v) is 5.11. The van der Waals surface area contributed by atoms with Gasteiger partial charge < -0.3 is 10.1 Å². The van der Waals surface area contributed by atoms with Crippen molar-refractivity contribution in [1.29, 1.82) is 0 Å². The molecule has 0 spiro atoms. The molecular weight excluding hydrogens is 300 g/mol. The van der Waals surface area contributed by atoms with E-state index in [4.69, 9.17) is 4.74 Å².